The topological polar surface area (TPSA) is 50.4 Å². The lowest BCUT2D eigenvalue weighted by molar-refractivity contribution is 0.0287. The molecule has 126 valence electrons. The highest BCUT2D eigenvalue weighted by atomic mass is 35.5. The molecule has 1 aliphatic heterocycles. The fraction of sp³-hybridized carbons (Fsp3) is 0.278. The molecule has 0 spiro atoms. The van der Waals surface area contributed by atoms with Gasteiger partial charge in [0.2, 0.25) is 0 Å². The highest BCUT2D eigenvalue weighted by molar-refractivity contribution is 6.30. The summed E-state index contributed by atoms with van der Waals surface area (Å²) < 4.78 is 19.5. The van der Waals surface area contributed by atoms with Crippen molar-refractivity contribution in [2.45, 2.75) is 6.10 Å². The second-order valence-corrected chi connectivity index (χ2v) is 6.05. The zero-order valence-electron chi connectivity index (χ0n) is 13.0. The quantitative estimate of drug-likeness (QED) is 0.893. The summed E-state index contributed by atoms with van der Waals surface area (Å²) in [5.41, 5.74) is 1.45. The maximum Gasteiger partial charge on any atom is 0.251 e. The molecule has 2 aromatic carbocycles. The molecule has 0 bridgehead atoms. The summed E-state index contributed by atoms with van der Waals surface area (Å²) in [4.78, 5) is 12.3. The molecule has 0 unspecified atom stereocenters. The van der Waals surface area contributed by atoms with Gasteiger partial charge in [-0.05, 0) is 35.9 Å². The first kappa shape index (κ1) is 16.9. The molecule has 6 heteroatoms. The van der Waals surface area contributed by atoms with Gasteiger partial charge in [0.05, 0.1) is 12.7 Å². The van der Waals surface area contributed by atoms with Gasteiger partial charge in [-0.15, -0.1) is 0 Å². The maximum absolute atomic E-state index is 14.0. The van der Waals surface area contributed by atoms with E-state index in [0.29, 0.717) is 41.4 Å². The van der Waals surface area contributed by atoms with Crippen LogP contribution in [0.5, 0.6) is 0 Å². The predicted molar refractivity (Wildman–Crippen MR) is 91.8 cm³/mol. The van der Waals surface area contributed by atoms with Crippen molar-refractivity contribution in [2.24, 2.45) is 0 Å². The van der Waals surface area contributed by atoms with Crippen LogP contribution in [0.4, 0.5) is 4.39 Å². The molecule has 2 aromatic rings. The number of carbonyl (C=O) groups is 1. The summed E-state index contributed by atoms with van der Waals surface area (Å²) in [6.45, 7) is 2.62. The molecular weight excluding hydrogens is 331 g/mol. The van der Waals surface area contributed by atoms with Crippen LogP contribution >= 0.6 is 11.6 Å². The van der Waals surface area contributed by atoms with Crippen LogP contribution in [0.2, 0.25) is 5.02 Å². The normalized spacial score (nSPS) is 17.5. The second-order valence-electron chi connectivity index (χ2n) is 5.61. The zero-order valence-corrected chi connectivity index (χ0v) is 13.8. The van der Waals surface area contributed by atoms with Crippen molar-refractivity contribution in [3.63, 3.8) is 0 Å². The molecule has 24 heavy (non-hydrogen) atoms. The van der Waals surface area contributed by atoms with Gasteiger partial charge in [0.1, 0.15) is 5.82 Å². The Morgan fingerprint density at radius 1 is 1.33 bits per heavy atom. The molecule has 4 nitrogen and oxygen atoms in total. The van der Waals surface area contributed by atoms with Gasteiger partial charge < -0.3 is 15.4 Å². The summed E-state index contributed by atoms with van der Waals surface area (Å²) >= 11 is 5.94. The molecule has 1 amide bonds. The van der Waals surface area contributed by atoms with Crippen molar-refractivity contribution in [1.82, 2.24) is 10.6 Å². The Bertz CT molecular complexity index is 733. The Kier molecular flexibility index (Phi) is 5.45. The van der Waals surface area contributed by atoms with E-state index in [2.05, 4.69) is 10.6 Å². The number of amides is 1. The molecule has 1 fully saturated rings. The summed E-state index contributed by atoms with van der Waals surface area (Å²) in [6, 6.07) is 11.2. The SMILES string of the molecule is O=C(NC[C@H]1CNCCO1)c1cccc(-c2cc(Cl)ccc2F)c1. The third kappa shape index (κ3) is 4.12. The van der Waals surface area contributed by atoms with Gasteiger partial charge >= 0.3 is 0 Å². The van der Waals surface area contributed by atoms with Crippen LogP contribution in [0, 0.1) is 5.82 Å². The molecule has 0 aliphatic carbocycles. The Morgan fingerprint density at radius 3 is 3.00 bits per heavy atom. The molecule has 1 atom stereocenters. The number of carbonyl (C=O) groups excluding carboxylic acids is 1. The van der Waals surface area contributed by atoms with Crippen LogP contribution in [0.25, 0.3) is 11.1 Å². The van der Waals surface area contributed by atoms with E-state index < -0.39 is 0 Å². The van der Waals surface area contributed by atoms with Crippen molar-refractivity contribution < 1.29 is 13.9 Å². The minimum Gasteiger partial charge on any atom is -0.374 e. The monoisotopic (exact) mass is 348 g/mol. The van der Waals surface area contributed by atoms with Gasteiger partial charge in [-0.1, -0.05) is 23.7 Å². The summed E-state index contributed by atoms with van der Waals surface area (Å²) in [5.74, 6) is -0.591. The van der Waals surface area contributed by atoms with Crippen LogP contribution in [0.15, 0.2) is 42.5 Å². The Labute approximate surface area is 145 Å². The highest BCUT2D eigenvalue weighted by Gasteiger charge is 2.15. The Morgan fingerprint density at radius 2 is 2.21 bits per heavy atom. The minimum absolute atomic E-state index is 0.0312. The van der Waals surface area contributed by atoms with Crippen molar-refractivity contribution >= 4 is 17.5 Å². The molecule has 1 saturated heterocycles. The third-order valence-electron chi connectivity index (χ3n) is 3.86. The predicted octanol–water partition coefficient (Wildman–Crippen LogP) is 2.86. The first-order valence-corrected chi connectivity index (χ1v) is 8.17. The number of rotatable bonds is 4. The molecule has 0 radical (unpaired) electrons. The van der Waals surface area contributed by atoms with Crippen LogP contribution in [-0.4, -0.2) is 38.3 Å². The Balaban J connectivity index is 1.72. The van der Waals surface area contributed by atoms with Gasteiger partial charge in [0.15, 0.2) is 0 Å². The Hall–Kier alpha value is -1.95. The van der Waals surface area contributed by atoms with Crippen LogP contribution < -0.4 is 10.6 Å². The zero-order chi connectivity index (χ0) is 16.9. The summed E-state index contributed by atoms with van der Waals surface area (Å²) in [5, 5.41) is 6.51. The van der Waals surface area contributed by atoms with Crippen molar-refractivity contribution in [1.29, 1.82) is 0 Å². The lowest BCUT2D eigenvalue weighted by Gasteiger charge is -2.23. The van der Waals surface area contributed by atoms with E-state index >= 15 is 0 Å². The minimum atomic E-state index is -0.376. The summed E-state index contributed by atoms with van der Waals surface area (Å²) in [6.07, 6.45) is -0.0312. The third-order valence-corrected chi connectivity index (χ3v) is 4.09. The largest absolute Gasteiger partial charge is 0.374 e. The standard InChI is InChI=1S/C18H18ClFN2O2/c19-14-4-5-17(20)16(9-14)12-2-1-3-13(8-12)18(23)22-11-15-10-21-6-7-24-15/h1-5,8-9,15,21H,6-7,10-11H2,(H,22,23)/t15-/m1/s1. The second kappa shape index (κ2) is 7.75. The van der Waals surface area contributed by atoms with E-state index in [9.17, 15) is 9.18 Å². The van der Waals surface area contributed by atoms with Gasteiger partial charge in [0.25, 0.3) is 5.91 Å². The maximum atomic E-state index is 14.0. The number of ether oxygens (including phenoxy) is 1. The average molecular weight is 349 g/mol. The van der Waals surface area contributed by atoms with E-state index in [1.807, 2.05) is 0 Å². The fourth-order valence-corrected chi connectivity index (χ4v) is 2.78. The number of hydrogen-bond acceptors (Lipinski definition) is 3. The number of hydrogen-bond donors (Lipinski definition) is 2. The number of benzene rings is 2. The van der Waals surface area contributed by atoms with E-state index in [1.165, 1.54) is 12.1 Å². The first-order valence-electron chi connectivity index (χ1n) is 7.79. The van der Waals surface area contributed by atoms with Crippen LogP contribution in [0.3, 0.4) is 0 Å². The van der Waals surface area contributed by atoms with Gasteiger partial charge in [-0.3, -0.25) is 4.79 Å². The van der Waals surface area contributed by atoms with Crippen LogP contribution in [-0.2, 0) is 4.74 Å². The van der Waals surface area contributed by atoms with Gasteiger partial charge in [0, 0.05) is 35.8 Å². The van der Waals surface area contributed by atoms with Crippen molar-refractivity contribution in [2.75, 3.05) is 26.2 Å². The molecular formula is C18H18ClFN2O2. The highest BCUT2D eigenvalue weighted by Crippen LogP contribution is 2.26. The van der Waals surface area contributed by atoms with E-state index in [4.69, 9.17) is 16.3 Å². The molecule has 3 rings (SSSR count). The van der Waals surface area contributed by atoms with Gasteiger partial charge in [-0.25, -0.2) is 4.39 Å². The lowest BCUT2D eigenvalue weighted by atomic mass is 10.0. The smallest absolute Gasteiger partial charge is 0.251 e. The fourth-order valence-electron chi connectivity index (χ4n) is 2.61. The summed E-state index contributed by atoms with van der Waals surface area (Å²) in [7, 11) is 0. The van der Waals surface area contributed by atoms with Crippen LogP contribution in [0.1, 0.15) is 10.4 Å². The average Bonchev–Trinajstić information content (AvgIpc) is 2.62. The number of nitrogens with one attached hydrogen (secondary N) is 2. The molecule has 1 aliphatic rings. The molecule has 2 N–H and O–H groups in total. The van der Waals surface area contributed by atoms with E-state index in [0.717, 1.165) is 6.54 Å². The van der Waals surface area contributed by atoms with Crippen molar-refractivity contribution in [3.8, 4) is 11.1 Å². The lowest BCUT2D eigenvalue weighted by Crippen LogP contribution is -2.45. The van der Waals surface area contributed by atoms with E-state index in [1.54, 1.807) is 30.3 Å². The van der Waals surface area contributed by atoms with Crippen molar-refractivity contribution in [3.05, 3.63) is 58.9 Å². The molecule has 0 aromatic heterocycles. The first-order chi connectivity index (χ1) is 11.6. The number of morpholine rings is 1. The van der Waals surface area contributed by atoms with E-state index in [-0.39, 0.29) is 17.8 Å². The van der Waals surface area contributed by atoms with Gasteiger partial charge in [-0.2, -0.15) is 0 Å². The number of halogens is 2. The molecule has 1 heterocycles. The molecule has 0 saturated carbocycles.